The Bertz CT molecular complexity index is 413. The predicted octanol–water partition coefficient (Wildman–Crippen LogP) is 2.03. The number of carbonyl (C=O) groups excluding carboxylic acids is 2. The zero-order chi connectivity index (χ0) is 12.1. The summed E-state index contributed by atoms with van der Waals surface area (Å²) in [4.78, 5) is 22.3. The fourth-order valence-corrected chi connectivity index (χ4v) is 2.58. The molecule has 1 aliphatic heterocycles. The SMILES string of the molecule is C=C1C(=O)O[C@H]2C(=O)C=C[C@@](C)(C(Cl)Cl)[C@@H]12. The van der Waals surface area contributed by atoms with Crippen LogP contribution in [0.25, 0.3) is 0 Å². The number of halogens is 2. The second kappa shape index (κ2) is 3.60. The zero-order valence-corrected chi connectivity index (χ0v) is 10.1. The molecule has 3 nitrogen and oxygen atoms in total. The van der Waals surface area contributed by atoms with Crippen molar-refractivity contribution < 1.29 is 14.3 Å². The maximum absolute atomic E-state index is 11.6. The van der Waals surface area contributed by atoms with Crippen molar-refractivity contribution in [1.82, 2.24) is 0 Å². The summed E-state index contributed by atoms with van der Waals surface area (Å²) in [5, 5.41) is 0. The Hall–Kier alpha value is -0.800. The molecule has 0 amide bonds. The summed E-state index contributed by atoms with van der Waals surface area (Å²) in [6, 6.07) is 0. The minimum Gasteiger partial charge on any atom is -0.450 e. The van der Waals surface area contributed by atoms with Crippen molar-refractivity contribution in [3.05, 3.63) is 24.3 Å². The summed E-state index contributed by atoms with van der Waals surface area (Å²) >= 11 is 11.8. The molecule has 86 valence electrons. The van der Waals surface area contributed by atoms with Crippen LogP contribution >= 0.6 is 23.2 Å². The first-order chi connectivity index (χ1) is 7.38. The molecule has 0 aromatic carbocycles. The van der Waals surface area contributed by atoms with Crippen molar-refractivity contribution in [2.45, 2.75) is 17.9 Å². The van der Waals surface area contributed by atoms with Crippen LogP contribution in [-0.2, 0) is 14.3 Å². The van der Waals surface area contributed by atoms with Gasteiger partial charge in [0.2, 0.25) is 0 Å². The van der Waals surface area contributed by atoms with Crippen LogP contribution in [0.1, 0.15) is 6.92 Å². The first-order valence-corrected chi connectivity index (χ1v) is 5.66. The van der Waals surface area contributed by atoms with Crippen molar-refractivity contribution in [1.29, 1.82) is 0 Å². The average Bonchev–Trinajstić information content (AvgIpc) is 2.51. The van der Waals surface area contributed by atoms with Gasteiger partial charge in [-0.3, -0.25) is 4.79 Å². The van der Waals surface area contributed by atoms with E-state index in [1.165, 1.54) is 6.08 Å². The fourth-order valence-electron chi connectivity index (χ4n) is 2.16. The third-order valence-corrected chi connectivity index (χ3v) is 4.14. The molecule has 0 aromatic heterocycles. The van der Waals surface area contributed by atoms with E-state index in [0.29, 0.717) is 0 Å². The Morgan fingerprint density at radius 1 is 1.50 bits per heavy atom. The quantitative estimate of drug-likeness (QED) is 0.412. The number of hydrogen-bond donors (Lipinski definition) is 0. The molecule has 2 rings (SSSR count). The van der Waals surface area contributed by atoms with Gasteiger partial charge in [0.05, 0.1) is 0 Å². The summed E-state index contributed by atoms with van der Waals surface area (Å²) < 4.78 is 4.98. The molecule has 1 aliphatic carbocycles. The molecular weight excluding hydrogens is 251 g/mol. The van der Waals surface area contributed by atoms with Crippen LogP contribution in [0, 0.1) is 11.3 Å². The molecule has 0 saturated carbocycles. The van der Waals surface area contributed by atoms with Crippen molar-refractivity contribution in [3.8, 4) is 0 Å². The van der Waals surface area contributed by atoms with Crippen LogP contribution in [0.4, 0.5) is 0 Å². The van der Waals surface area contributed by atoms with E-state index in [9.17, 15) is 9.59 Å². The van der Waals surface area contributed by atoms with Gasteiger partial charge in [0, 0.05) is 16.9 Å². The highest BCUT2D eigenvalue weighted by atomic mass is 35.5. The molecular formula is C11H10Cl2O3. The van der Waals surface area contributed by atoms with Gasteiger partial charge in [-0.1, -0.05) is 19.6 Å². The number of ether oxygens (including phenoxy) is 1. The van der Waals surface area contributed by atoms with Crippen LogP contribution in [0.3, 0.4) is 0 Å². The lowest BCUT2D eigenvalue weighted by Gasteiger charge is -2.37. The molecule has 0 radical (unpaired) electrons. The largest absolute Gasteiger partial charge is 0.450 e. The Morgan fingerprint density at radius 3 is 2.69 bits per heavy atom. The normalized spacial score (nSPS) is 37.9. The smallest absolute Gasteiger partial charge is 0.334 e. The maximum atomic E-state index is 11.6. The number of ketones is 1. The Labute approximate surface area is 103 Å². The topological polar surface area (TPSA) is 43.4 Å². The lowest BCUT2D eigenvalue weighted by molar-refractivity contribution is -0.145. The standard InChI is InChI=1S/C11H10Cl2O3/c1-5-7-8(16-9(5)15)6(14)3-4-11(7,2)10(12)13/h3-4,7-8,10H,1H2,2H3/t7-,8-,11+/m0/s1. The van der Waals surface area contributed by atoms with E-state index >= 15 is 0 Å². The zero-order valence-electron chi connectivity index (χ0n) is 8.57. The number of hydrogen-bond acceptors (Lipinski definition) is 3. The molecule has 1 saturated heterocycles. The number of rotatable bonds is 1. The van der Waals surface area contributed by atoms with E-state index in [4.69, 9.17) is 27.9 Å². The molecule has 1 fully saturated rings. The van der Waals surface area contributed by atoms with Crippen LogP contribution < -0.4 is 0 Å². The third kappa shape index (κ3) is 1.42. The third-order valence-electron chi connectivity index (χ3n) is 3.20. The lowest BCUT2D eigenvalue weighted by Crippen LogP contribution is -2.43. The van der Waals surface area contributed by atoms with Gasteiger partial charge in [0.15, 0.2) is 11.9 Å². The van der Waals surface area contributed by atoms with Crippen molar-refractivity contribution in [3.63, 3.8) is 0 Å². The molecule has 0 unspecified atom stereocenters. The van der Waals surface area contributed by atoms with E-state index in [2.05, 4.69) is 6.58 Å². The minimum atomic E-state index is -0.824. The van der Waals surface area contributed by atoms with E-state index in [1.807, 2.05) is 0 Å². The van der Waals surface area contributed by atoms with Gasteiger partial charge >= 0.3 is 5.97 Å². The van der Waals surface area contributed by atoms with Crippen molar-refractivity contribution in [2.24, 2.45) is 11.3 Å². The van der Waals surface area contributed by atoms with Crippen LogP contribution in [0.15, 0.2) is 24.3 Å². The highest BCUT2D eigenvalue weighted by Gasteiger charge is 2.55. The molecule has 0 aromatic rings. The lowest BCUT2D eigenvalue weighted by atomic mass is 9.69. The van der Waals surface area contributed by atoms with Gasteiger partial charge in [0.25, 0.3) is 0 Å². The molecule has 0 spiro atoms. The molecule has 0 bridgehead atoms. The van der Waals surface area contributed by atoms with Gasteiger partial charge in [-0.15, -0.1) is 23.2 Å². The number of carbonyl (C=O) groups is 2. The van der Waals surface area contributed by atoms with E-state index in [-0.39, 0.29) is 11.4 Å². The van der Waals surface area contributed by atoms with Crippen LogP contribution in [-0.4, -0.2) is 22.7 Å². The molecule has 5 heteroatoms. The van der Waals surface area contributed by atoms with Crippen LogP contribution in [0.5, 0.6) is 0 Å². The predicted molar refractivity (Wildman–Crippen MR) is 60.3 cm³/mol. The molecule has 2 aliphatic rings. The number of fused-ring (bicyclic) bond motifs is 1. The Kier molecular flexibility index (Phi) is 2.63. The fraction of sp³-hybridized carbons (Fsp3) is 0.455. The molecule has 1 heterocycles. The number of allylic oxidation sites excluding steroid dienone is 1. The highest BCUT2D eigenvalue weighted by Crippen LogP contribution is 2.49. The maximum Gasteiger partial charge on any atom is 0.334 e. The minimum absolute atomic E-state index is 0.247. The molecule has 0 N–H and O–H groups in total. The summed E-state index contributed by atoms with van der Waals surface area (Å²) in [5.41, 5.74) is -0.443. The summed E-state index contributed by atoms with van der Waals surface area (Å²) in [5.74, 6) is -1.27. The number of alkyl halides is 2. The van der Waals surface area contributed by atoms with E-state index in [0.717, 1.165) is 0 Å². The summed E-state index contributed by atoms with van der Waals surface area (Å²) in [6.07, 6.45) is 2.18. The van der Waals surface area contributed by atoms with Crippen molar-refractivity contribution >= 4 is 35.0 Å². The average molecular weight is 261 g/mol. The second-order valence-electron chi connectivity index (χ2n) is 4.23. The van der Waals surface area contributed by atoms with Crippen molar-refractivity contribution in [2.75, 3.05) is 0 Å². The van der Waals surface area contributed by atoms with Gasteiger partial charge in [-0.25, -0.2) is 4.79 Å². The Morgan fingerprint density at radius 2 is 2.12 bits per heavy atom. The van der Waals surface area contributed by atoms with Gasteiger partial charge in [-0.2, -0.15) is 0 Å². The van der Waals surface area contributed by atoms with Gasteiger partial charge in [-0.05, 0) is 6.08 Å². The molecule has 16 heavy (non-hydrogen) atoms. The summed E-state index contributed by atoms with van der Waals surface area (Å²) in [7, 11) is 0. The first kappa shape index (κ1) is 11.7. The Balaban J connectivity index is 2.51. The number of esters is 1. The van der Waals surface area contributed by atoms with Crippen LogP contribution in [0.2, 0.25) is 0 Å². The molecule has 3 atom stereocenters. The van der Waals surface area contributed by atoms with Gasteiger partial charge < -0.3 is 4.74 Å². The monoisotopic (exact) mass is 260 g/mol. The van der Waals surface area contributed by atoms with Gasteiger partial charge in [0.1, 0.15) is 4.84 Å². The summed E-state index contributed by atoms with van der Waals surface area (Å²) in [6.45, 7) is 5.44. The van der Waals surface area contributed by atoms with E-state index < -0.39 is 28.2 Å². The van der Waals surface area contributed by atoms with E-state index in [1.54, 1.807) is 13.0 Å². The highest BCUT2D eigenvalue weighted by molar-refractivity contribution is 6.45. The first-order valence-electron chi connectivity index (χ1n) is 4.79. The second-order valence-corrected chi connectivity index (χ2v) is 5.33.